The minimum Gasteiger partial charge on any atom is -0.478 e. The molecule has 0 aliphatic carbocycles. The molecule has 0 aromatic heterocycles. The highest BCUT2D eigenvalue weighted by atomic mass is 79.9. The summed E-state index contributed by atoms with van der Waals surface area (Å²) in [6.45, 7) is 1.48. The Morgan fingerprint density at radius 2 is 2.05 bits per heavy atom. The van der Waals surface area contributed by atoms with Crippen molar-refractivity contribution in [2.24, 2.45) is 0 Å². The second kappa shape index (κ2) is 6.82. The van der Waals surface area contributed by atoms with E-state index in [9.17, 15) is 22.7 Å². The first kappa shape index (κ1) is 18.0. The number of aliphatic hydroxyl groups is 1. The number of aliphatic hydroxyl groups excluding tert-OH is 1. The third-order valence-corrected chi connectivity index (χ3v) is 5.10. The van der Waals surface area contributed by atoms with Crippen molar-refractivity contribution in [1.82, 2.24) is 4.31 Å². The summed E-state index contributed by atoms with van der Waals surface area (Å²) in [5, 5.41) is 18.1. The van der Waals surface area contributed by atoms with Gasteiger partial charge < -0.3 is 10.2 Å². The van der Waals surface area contributed by atoms with Gasteiger partial charge >= 0.3 is 5.97 Å². The first-order chi connectivity index (χ1) is 9.57. The number of hydrogen-bond donors (Lipinski definition) is 2. The highest BCUT2D eigenvalue weighted by Gasteiger charge is 2.28. The van der Waals surface area contributed by atoms with Crippen LogP contribution in [0.15, 0.2) is 21.5 Å². The van der Waals surface area contributed by atoms with Gasteiger partial charge in [-0.3, -0.25) is 0 Å². The van der Waals surface area contributed by atoms with Gasteiger partial charge in [-0.05, 0) is 25.5 Å². The molecule has 0 aliphatic heterocycles. The number of sulfonamides is 1. The maximum Gasteiger partial charge on any atom is 0.338 e. The average molecular weight is 384 g/mol. The summed E-state index contributed by atoms with van der Waals surface area (Å²) in [5.41, 5.74) is -0.730. The van der Waals surface area contributed by atoms with E-state index in [4.69, 9.17) is 5.11 Å². The zero-order chi connectivity index (χ0) is 16.4. The van der Waals surface area contributed by atoms with Crippen LogP contribution >= 0.6 is 15.9 Å². The quantitative estimate of drug-likeness (QED) is 0.778. The highest BCUT2D eigenvalue weighted by Crippen LogP contribution is 2.26. The summed E-state index contributed by atoms with van der Waals surface area (Å²) in [6.07, 6.45) is -0.526. The van der Waals surface area contributed by atoms with E-state index in [1.807, 2.05) is 0 Å². The molecule has 6 nitrogen and oxygen atoms in total. The van der Waals surface area contributed by atoms with Gasteiger partial charge in [-0.15, -0.1) is 0 Å². The fraction of sp³-hybridized carbons (Fsp3) is 0.417. The Morgan fingerprint density at radius 1 is 1.48 bits per heavy atom. The van der Waals surface area contributed by atoms with E-state index in [0.29, 0.717) is 0 Å². The summed E-state index contributed by atoms with van der Waals surface area (Å²) in [5.74, 6) is -2.87. The van der Waals surface area contributed by atoms with Crippen LogP contribution in [0.5, 0.6) is 0 Å². The number of aromatic carboxylic acids is 1. The standard InChI is InChI=1S/C12H15BrFNO5S/c1-7(16)3-4-15(2)21(19,20)10-6-8(13)5-9(11(10)14)12(17)18/h5-7,16H,3-4H2,1-2H3,(H,17,18). The lowest BCUT2D eigenvalue weighted by Crippen LogP contribution is -2.30. The smallest absolute Gasteiger partial charge is 0.338 e. The van der Waals surface area contributed by atoms with Crippen molar-refractivity contribution in [3.63, 3.8) is 0 Å². The SMILES string of the molecule is CC(O)CCN(C)S(=O)(=O)c1cc(Br)cc(C(=O)O)c1F. The number of benzene rings is 1. The van der Waals surface area contributed by atoms with Gasteiger partial charge in [0.25, 0.3) is 0 Å². The molecule has 0 aliphatic rings. The molecule has 0 spiro atoms. The molecule has 1 aromatic carbocycles. The van der Waals surface area contributed by atoms with Crippen LogP contribution in [0.3, 0.4) is 0 Å². The molecular weight excluding hydrogens is 369 g/mol. The lowest BCUT2D eigenvalue weighted by atomic mass is 10.2. The van der Waals surface area contributed by atoms with E-state index in [2.05, 4.69) is 15.9 Å². The van der Waals surface area contributed by atoms with E-state index in [1.54, 1.807) is 0 Å². The molecule has 0 saturated carbocycles. The van der Waals surface area contributed by atoms with E-state index in [-0.39, 0.29) is 17.4 Å². The van der Waals surface area contributed by atoms with Crippen LogP contribution in [0.1, 0.15) is 23.7 Å². The van der Waals surface area contributed by atoms with Crippen molar-refractivity contribution in [2.75, 3.05) is 13.6 Å². The number of rotatable bonds is 6. The molecule has 1 rings (SSSR count). The first-order valence-electron chi connectivity index (χ1n) is 5.94. The van der Waals surface area contributed by atoms with Crippen molar-refractivity contribution in [3.05, 3.63) is 28.0 Å². The minimum atomic E-state index is -4.19. The van der Waals surface area contributed by atoms with Crippen molar-refractivity contribution >= 4 is 31.9 Å². The van der Waals surface area contributed by atoms with Gasteiger partial charge in [-0.2, -0.15) is 0 Å². The van der Waals surface area contributed by atoms with Gasteiger partial charge in [0.1, 0.15) is 4.90 Å². The van der Waals surface area contributed by atoms with Gasteiger partial charge in [0.2, 0.25) is 10.0 Å². The van der Waals surface area contributed by atoms with Crippen LogP contribution in [0.4, 0.5) is 4.39 Å². The number of nitrogens with zero attached hydrogens (tertiary/aromatic N) is 1. The van der Waals surface area contributed by atoms with E-state index >= 15 is 0 Å². The molecule has 0 heterocycles. The Kier molecular flexibility index (Phi) is 5.85. The molecule has 1 unspecified atom stereocenters. The molecule has 118 valence electrons. The number of halogens is 2. The Labute approximate surface area is 130 Å². The maximum absolute atomic E-state index is 14.1. The molecule has 1 atom stereocenters. The third-order valence-electron chi connectivity index (χ3n) is 2.78. The molecular formula is C12H15BrFNO5S. The second-order valence-electron chi connectivity index (χ2n) is 4.53. The van der Waals surface area contributed by atoms with E-state index in [0.717, 1.165) is 16.4 Å². The molecule has 21 heavy (non-hydrogen) atoms. The summed E-state index contributed by atoms with van der Waals surface area (Å²) >= 11 is 2.97. The summed E-state index contributed by atoms with van der Waals surface area (Å²) < 4.78 is 39.7. The largest absolute Gasteiger partial charge is 0.478 e. The van der Waals surface area contributed by atoms with Crippen LogP contribution in [0.2, 0.25) is 0 Å². The molecule has 0 bridgehead atoms. The fourth-order valence-corrected chi connectivity index (χ4v) is 3.47. The Hall–Kier alpha value is -1.03. The van der Waals surface area contributed by atoms with Crippen molar-refractivity contribution in [1.29, 1.82) is 0 Å². The number of carboxylic acids is 1. The monoisotopic (exact) mass is 383 g/mol. The lowest BCUT2D eigenvalue weighted by molar-refractivity contribution is 0.0691. The number of carbonyl (C=O) groups is 1. The average Bonchev–Trinajstić information content (AvgIpc) is 2.37. The molecule has 2 N–H and O–H groups in total. The van der Waals surface area contributed by atoms with Crippen molar-refractivity contribution in [3.8, 4) is 0 Å². The zero-order valence-electron chi connectivity index (χ0n) is 11.4. The zero-order valence-corrected chi connectivity index (χ0v) is 13.8. The van der Waals surface area contributed by atoms with Crippen LogP contribution in [-0.2, 0) is 10.0 Å². The highest BCUT2D eigenvalue weighted by molar-refractivity contribution is 9.10. The molecule has 0 amide bonds. The lowest BCUT2D eigenvalue weighted by Gasteiger charge is -2.19. The maximum atomic E-state index is 14.1. The summed E-state index contributed by atoms with van der Waals surface area (Å²) in [6, 6.07) is 2.00. The third kappa shape index (κ3) is 4.22. The molecule has 0 fully saturated rings. The van der Waals surface area contributed by atoms with Crippen LogP contribution < -0.4 is 0 Å². The van der Waals surface area contributed by atoms with Gasteiger partial charge in [0, 0.05) is 18.1 Å². The van der Waals surface area contributed by atoms with E-state index in [1.165, 1.54) is 14.0 Å². The van der Waals surface area contributed by atoms with Gasteiger partial charge in [0.15, 0.2) is 5.82 Å². The predicted molar refractivity (Wildman–Crippen MR) is 77.2 cm³/mol. The number of carboxylic acid groups (broad SMARTS) is 1. The summed E-state index contributed by atoms with van der Waals surface area (Å²) in [4.78, 5) is 10.2. The van der Waals surface area contributed by atoms with Crippen molar-refractivity contribution < 1.29 is 27.8 Å². The predicted octanol–water partition coefficient (Wildman–Crippen LogP) is 1.68. The van der Waals surface area contributed by atoms with Crippen molar-refractivity contribution in [2.45, 2.75) is 24.3 Å². The Morgan fingerprint density at radius 3 is 2.52 bits per heavy atom. The molecule has 0 radical (unpaired) electrons. The Bertz CT molecular complexity index is 647. The van der Waals surface area contributed by atoms with E-state index < -0.39 is 38.4 Å². The second-order valence-corrected chi connectivity index (χ2v) is 7.46. The normalized spacial score (nSPS) is 13.4. The Balaban J connectivity index is 3.28. The first-order valence-corrected chi connectivity index (χ1v) is 8.17. The molecule has 1 aromatic rings. The fourth-order valence-electron chi connectivity index (χ4n) is 1.56. The topological polar surface area (TPSA) is 94.9 Å². The summed E-state index contributed by atoms with van der Waals surface area (Å²) in [7, 11) is -2.96. The van der Waals surface area contributed by atoms with Crippen LogP contribution in [-0.4, -0.2) is 48.6 Å². The minimum absolute atomic E-state index is 0.0195. The molecule has 9 heteroatoms. The number of hydrogen-bond acceptors (Lipinski definition) is 4. The van der Waals surface area contributed by atoms with Gasteiger partial charge in [-0.1, -0.05) is 15.9 Å². The van der Waals surface area contributed by atoms with Crippen LogP contribution in [0, 0.1) is 5.82 Å². The van der Waals surface area contributed by atoms with Gasteiger partial charge in [-0.25, -0.2) is 21.9 Å². The van der Waals surface area contributed by atoms with Gasteiger partial charge in [0.05, 0.1) is 11.7 Å². The molecule has 0 saturated heterocycles. The van der Waals surface area contributed by atoms with Crippen LogP contribution in [0.25, 0.3) is 0 Å².